The summed E-state index contributed by atoms with van der Waals surface area (Å²) in [5.74, 6) is 1.40. The molecule has 5 heteroatoms. The van der Waals surface area contributed by atoms with E-state index in [2.05, 4.69) is 10.1 Å². The van der Waals surface area contributed by atoms with Gasteiger partial charge in [0.25, 0.3) is 5.89 Å². The average Bonchev–Trinajstić information content (AvgIpc) is 3.00. The van der Waals surface area contributed by atoms with E-state index in [0.717, 1.165) is 12.8 Å². The third kappa shape index (κ3) is 1.92. The fourth-order valence-electron chi connectivity index (χ4n) is 2.39. The summed E-state index contributed by atoms with van der Waals surface area (Å²) < 4.78 is 5.17. The molecule has 0 unspecified atom stereocenters. The van der Waals surface area contributed by atoms with Gasteiger partial charge >= 0.3 is 0 Å². The van der Waals surface area contributed by atoms with E-state index in [1.807, 2.05) is 0 Å². The smallest absolute Gasteiger partial charge is 0.261 e. The molecule has 0 spiro atoms. The number of aromatic hydroxyl groups is 2. The first-order chi connectivity index (χ1) is 8.74. The van der Waals surface area contributed by atoms with Crippen molar-refractivity contribution >= 4 is 0 Å². The predicted octanol–water partition coefficient (Wildman–Crippen LogP) is 2.81. The van der Waals surface area contributed by atoms with Gasteiger partial charge in [0, 0.05) is 5.92 Å². The summed E-state index contributed by atoms with van der Waals surface area (Å²) in [6.07, 6.45) is 4.58. The maximum atomic E-state index is 9.72. The minimum Gasteiger partial charge on any atom is -0.508 e. The van der Waals surface area contributed by atoms with Gasteiger partial charge in [0.15, 0.2) is 5.82 Å². The van der Waals surface area contributed by atoms with Gasteiger partial charge in [-0.2, -0.15) is 4.98 Å². The minimum absolute atomic E-state index is 0.0226. The van der Waals surface area contributed by atoms with E-state index in [9.17, 15) is 10.2 Å². The number of benzene rings is 1. The van der Waals surface area contributed by atoms with Crippen molar-refractivity contribution in [2.45, 2.75) is 31.6 Å². The Kier molecular flexibility index (Phi) is 2.66. The van der Waals surface area contributed by atoms with E-state index in [1.165, 1.54) is 31.0 Å². The van der Waals surface area contributed by atoms with E-state index in [1.54, 1.807) is 0 Å². The van der Waals surface area contributed by atoms with Gasteiger partial charge in [-0.1, -0.05) is 18.0 Å². The Morgan fingerprint density at radius 2 is 1.94 bits per heavy atom. The van der Waals surface area contributed by atoms with Gasteiger partial charge in [0.2, 0.25) is 0 Å². The molecule has 5 nitrogen and oxygen atoms in total. The van der Waals surface area contributed by atoms with Gasteiger partial charge in [-0.3, -0.25) is 0 Å². The Labute approximate surface area is 104 Å². The second-order valence-electron chi connectivity index (χ2n) is 4.64. The Morgan fingerprint density at radius 3 is 2.72 bits per heavy atom. The monoisotopic (exact) mass is 246 g/mol. The summed E-state index contributed by atoms with van der Waals surface area (Å²) in [4.78, 5) is 4.32. The maximum absolute atomic E-state index is 9.72. The number of phenolic OH excluding ortho intramolecular Hbond substituents is 2. The summed E-state index contributed by atoms with van der Waals surface area (Å²) in [7, 11) is 0. The van der Waals surface area contributed by atoms with E-state index in [4.69, 9.17) is 4.52 Å². The molecular weight excluding hydrogens is 232 g/mol. The van der Waals surface area contributed by atoms with E-state index >= 15 is 0 Å². The number of aromatic nitrogens is 2. The first-order valence-corrected chi connectivity index (χ1v) is 6.10. The van der Waals surface area contributed by atoms with Crippen LogP contribution < -0.4 is 0 Å². The van der Waals surface area contributed by atoms with Crippen molar-refractivity contribution in [3.63, 3.8) is 0 Å². The van der Waals surface area contributed by atoms with Crippen molar-refractivity contribution in [2.24, 2.45) is 0 Å². The Bertz CT molecular complexity index is 559. The zero-order valence-corrected chi connectivity index (χ0v) is 9.83. The molecule has 1 aliphatic rings. The fraction of sp³-hybridized carbons (Fsp3) is 0.385. The molecule has 2 N–H and O–H groups in total. The Balaban J connectivity index is 1.94. The average molecular weight is 246 g/mol. The first-order valence-electron chi connectivity index (χ1n) is 6.10. The van der Waals surface area contributed by atoms with Crippen LogP contribution in [-0.4, -0.2) is 20.4 Å². The molecule has 94 valence electrons. The summed E-state index contributed by atoms with van der Waals surface area (Å²) in [5, 5.41) is 23.1. The number of rotatable bonds is 2. The Hall–Kier alpha value is -2.04. The molecule has 3 rings (SSSR count). The van der Waals surface area contributed by atoms with Gasteiger partial charge in [-0.15, -0.1) is 0 Å². The normalized spacial score (nSPS) is 16.2. The molecule has 1 saturated carbocycles. The highest BCUT2D eigenvalue weighted by molar-refractivity contribution is 5.64. The molecule has 2 aromatic rings. The van der Waals surface area contributed by atoms with E-state index in [-0.39, 0.29) is 17.4 Å². The lowest BCUT2D eigenvalue weighted by Gasteiger charge is -2.01. The van der Waals surface area contributed by atoms with Crippen LogP contribution in [0, 0.1) is 0 Å². The molecule has 1 aromatic carbocycles. The van der Waals surface area contributed by atoms with Crippen LogP contribution in [0.3, 0.4) is 0 Å². The lowest BCUT2D eigenvalue weighted by molar-refractivity contribution is 0.410. The van der Waals surface area contributed by atoms with Crippen molar-refractivity contribution in [3.05, 3.63) is 24.0 Å². The molecular formula is C13H14N2O3. The Morgan fingerprint density at radius 1 is 1.17 bits per heavy atom. The lowest BCUT2D eigenvalue weighted by atomic mass is 10.1. The van der Waals surface area contributed by atoms with Gasteiger partial charge in [0.05, 0.1) is 5.56 Å². The second kappa shape index (κ2) is 4.33. The number of hydrogen-bond donors (Lipinski definition) is 2. The standard InChI is InChI=1S/C13H14N2O3/c16-9-5-6-11(17)10(7-9)13-14-12(15-18-13)8-3-1-2-4-8/h5-8,16-17H,1-4H2. The largest absolute Gasteiger partial charge is 0.508 e. The summed E-state index contributed by atoms with van der Waals surface area (Å²) in [6.45, 7) is 0. The predicted molar refractivity (Wildman–Crippen MR) is 64.3 cm³/mol. The quantitative estimate of drug-likeness (QED) is 0.796. The molecule has 0 saturated heterocycles. The molecule has 1 fully saturated rings. The topological polar surface area (TPSA) is 79.4 Å². The van der Waals surface area contributed by atoms with Crippen LogP contribution >= 0.6 is 0 Å². The van der Waals surface area contributed by atoms with Gasteiger partial charge in [0.1, 0.15) is 11.5 Å². The molecule has 1 heterocycles. The molecule has 0 radical (unpaired) electrons. The maximum Gasteiger partial charge on any atom is 0.261 e. The van der Waals surface area contributed by atoms with Crippen molar-refractivity contribution < 1.29 is 14.7 Å². The molecule has 18 heavy (non-hydrogen) atoms. The molecule has 0 amide bonds. The van der Waals surface area contributed by atoms with Crippen LogP contribution in [0.5, 0.6) is 11.5 Å². The third-order valence-corrected chi connectivity index (χ3v) is 3.37. The second-order valence-corrected chi connectivity index (χ2v) is 4.64. The molecule has 1 aliphatic carbocycles. The van der Waals surface area contributed by atoms with Gasteiger partial charge < -0.3 is 14.7 Å². The van der Waals surface area contributed by atoms with Crippen molar-refractivity contribution in [1.82, 2.24) is 10.1 Å². The summed E-state index contributed by atoms with van der Waals surface area (Å²) in [6, 6.07) is 4.23. The number of phenols is 2. The highest BCUT2D eigenvalue weighted by Crippen LogP contribution is 2.35. The van der Waals surface area contributed by atoms with Gasteiger partial charge in [-0.05, 0) is 31.0 Å². The molecule has 0 aliphatic heterocycles. The molecule has 0 bridgehead atoms. The summed E-state index contributed by atoms with van der Waals surface area (Å²) >= 11 is 0. The van der Waals surface area contributed by atoms with E-state index in [0.29, 0.717) is 17.3 Å². The molecule has 1 aromatic heterocycles. The third-order valence-electron chi connectivity index (χ3n) is 3.37. The lowest BCUT2D eigenvalue weighted by Crippen LogP contribution is -1.94. The number of nitrogens with zero attached hydrogens (tertiary/aromatic N) is 2. The first kappa shape index (κ1) is 11.1. The van der Waals surface area contributed by atoms with Crippen molar-refractivity contribution in [1.29, 1.82) is 0 Å². The number of hydrogen-bond acceptors (Lipinski definition) is 5. The van der Waals surface area contributed by atoms with Crippen LogP contribution in [-0.2, 0) is 0 Å². The SMILES string of the molecule is Oc1ccc(O)c(-c2nc(C3CCCC3)no2)c1. The zero-order valence-electron chi connectivity index (χ0n) is 9.83. The highest BCUT2D eigenvalue weighted by atomic mass is 16.5. The van der Waals surface area contributed by atoms with Crippen LogP contribution in [0.2, 0.25) is 0 Å². The van der Waals surface area contributed by atoms with E-state index < -0.39 is 0 Å². The van der Waals surface area contributed by atoms with Crippen molar-refractivity contribution in [2.75, 3.05) is 0 Å². The van der Waals surface area contributed by atoms with Crippen LogP contribution in [0.15, 0.2) is 22.7 Å². The minimum atomic E-state index is 0.0226. The van der Waals surface area contributed by atoms with Crippen LogP contribution in [0.4, 0.5) is 0 Å². The zero-order chi connectivity index (χ0) is 12.5. The fourth-order valence-corrected chi connectivity index (χ4v) is 2.39. The van der Waals surface area contributed by atoms with Gasteiger partial charge in [-0.25, -0.2) is 0 Å². The van der Waals surface area contributed by atoms with Crippen LogP contribution in [0.25, 0.3) is 11.5 Å². The molecule has 0 atom stereocenters. The summed E-state index contributed by atoms with van der Waals surface area (Å²) in [5.41, 5.74) is 0.367. The van der Waals surface area contributed by atoms with Crippen molar-refractivity contribution in [3.8, 4) is 23.0 Å². The highest BCUT2D eigenvalue weighted by Gasteiger charge is 2.23. The van der Waals surface area contributed by atoms with Crippen LogP contribution in [0.1, 0.15) is 37.4 Å².